The van der Waals surface area contributed by atoms with Crippen molar-refractivity contribution in [3.05, 3.63) is 11.5 Å². The normalized spacial score (nSPS) is 28.5. The first kappa shape index (κ1) is 24.7. The summed E-state index contributed by atoms with van der Waals surface area (Å²) in [6.45, 7) is -0.412. The number of aromatic nitrogens is 4. The summed E-state index contributed by atoms with van der Waals surface area (Å²) in [6.07, 6.45) is 0.542. The molecule has 0 bridgehead atoms. The highest BCUT2D eigenvalue weighted by Crippen LogP contribution is 2.51. The number of aliphatic hydroxyl groups excluding tert-OH is 3. The summed E-state index contributed by atoms with van der Waals surface area (Å²) in [5, 5.41) is 36.4. The van der Waals surface area contributed by atoms with Crippen molar-refractivity contribution in [1.82, 2.24) is 19.7 Å². The Morgan fingerprint density at radius 2 is 2.00 bits per heavy atom. The van der Waals surface area contributed by atoms with Crippen molar-refractivity contribution >= 4 is 36.0 Å². The quantitative estimate of drug-likeness (QED) is 0.212. The van der Waals surface area contributed by atoms with Crippen LogP contribution in [-0.2, 0) is 14.0 Å². The predicted octanol–water partition coefficient (Wildman–Crippen LogP) is 0.356. The fourth-order valence-corrected chi connectivity index (χ4v) is 4.60. The van der Waals surface area contributed by atoms with Gasteiger partial charge in [-0.1, -0.05) is 12.8 Å². The van der Waals surface area contributed by atoms with Gasteiger partial charge in [-0.2, -0.15) is 15.1 Å². The number of anilines is 1. The molecule has 15 heteroatoms. The van der Waals surface area contributed by atoms with E-state index in [4.69, 9.17) is 21.1 Å². The number of nitrogens with zero attached hydrogens (tertiary/aromatic N) is 4. The summed E-state index contributed by atoms with van der Waals surface area (Å²) in [4.78, 5) is 27.3. The van der Waals surface area contributed by atoms with Crippen LogP contribution in [0.25, 0.3) is 11.0 Å². The highest BCUT2D eigenvalue weighted by Gasteiger charge is 2.48. The van der Waals surface area contributed by atoms with E-state index in [1.807, 2.05) is 0 Å². The lowest BCUT2D eigenvalue weighted by Crippen LogP contribution is -2.39. The summed E-state index contributed by atoms with van der Waals surface area (Å²) >= 11 is 6.12. The van der Waals surface area contributed by atoms with E-state index in [0.717, 1.165) is 32.6 Å². The molecular weight excluding hydrogens is 481 g/mol. The van der Waals surface area contributed by atoms with Gasteiger partial charge in [0, 0.05) is 6.04 Å². The van der Waals surface area contributed by atoms with Gasteiger partial charge in [-0.3, -0.25) is 4.57 Å². The lowest BCUT2D eigenvalue weighted by Gasteiger charge is -2.29. The van der Waals surface area contributed by atoms with E-state index in [2.05, 4.69) is 20.4 Å². The van der Waals surface area contributed by atoms with Crippen molar-refractivity contribution in [3.63, 3.8) is 0 Å². The SMILES string of the molecule is C[C@@](CO)(OC[C@H]1O[C@@H](n2ncc3c(NC4CCCC4)nc(Cl)nc32)[C@H](O)[C@@H]1O)P(=O)(O)O. The van der Waals surface area contributed by atoms with Crippen molar-refractivity contribution in [2.45, 2.75) is 68.5 Å². The number of rotatable bonds is 8. The highest BCUT2D eigenvalue weighted by atomic mass is 35.5. The summed E-state index contributed by atoms with van der Waals surface area (Å²) in [5.41, 5.74) is 0.281. The van der Waals surface area contributed by atoms with Crippen LogP contribution < -0.4 is 5.32 Å². The molecule has 2 fully saturated rings. The molecule has 1 saturated carbocycles. The number of ether oxygens (including phenoxy) is 2. The first-order valence-corrected chi connectivity index (χ1v) is 12.5. The van der Waals surface area contributed by atoms with Crippen LogP contribution in [0.3, 0.4) is 0 Å². The summed E-state index contributed by atoms with van der Waals surface area (Å²) in [7, 11) is -4.83. The van der Waals surface area contributed by atoms with Crippen LogP contribution in [0.4, 0.5) is 5.82 Å². The predicted molar refractivity (Wildman–Crippen MR) is 116 cm³/mol. The molecule has 0 aromatic carbocycles. The molecule has 5 atom stereocenters. The molecule has 1 aliphatic heterocycles. The maximum Gasteiger partial charge on any atom is 0.359 e. The number of hydrogen-bond acceptors (Lipinski definition) is 10. The lowest BCUT2D eigenvalue weighted by atomic mass is 10.1. The van der Waals surface area contributed by atoms with Crippen LogP contribution in [-0.4, -0.2) is 87.8 Å². The molecule has 0 spiro atoms. The van der Waals surface area contributed by atoms with Crippen LogP contribution in [0.15, 0.2) is 6.20 Å². The minimum Gasteiger partial charge on any atom is -0.393 e. The van der Waals surface area contributed by atoms with Gasteiger partial charge >= 0.3 is 7.60 Å². The summed E-state index contributed by atoms with van der Waals surface area (Å²) in [5.74, 6) is 0.511. The molecule has 0 amide bonds. The maximum atomic E-state index is 11.6. The second-order valence-electron chi connectivity index (χ2n) is 8.53. The van der Waals surface area contributed by atoms with Crippen LogP contribution in [0.2, 0.25) is 5.28 Å². The number of halogens is 1. The molecule has 4 rings (SSSR count). The van der Waals surface area contributed by atoms with Crippen LogP contribution in [0.1, 0.15) is 38.8 Å². The third kappa shape index (κ3) is 4.75. The highest BCUT2D eigenvalue weighted by molar-refractivity contribution is 7.53. The average molecular weight is 508 g/mol. The van der Waals surface area contributed by atoms with E-state index in [9.17, 15) is 29.7 Å². The molecule has 6 N–H and O–H groups in total. The average Bonchev–Trinajstić information content (AvgIpc) is 3.47. The first-order chi connectivity index (χ1) is 15.5. The number of aliphatic hydroxyl groups is 3. The van der Waals surface area contributed by atoms with E-state index in [0.29, 0.717) is 11.2 Å². The molecule has 2 aliphatic rings. The second-order valence-corrected chi connectivity index (χ2v) is 10.9. The fraction of sp³-hybridized carbons (Fsp3) is 0.722. The monoisotopic (exact) mass is 507 g/mol. The van der Waals surface area contributed by atoms with Crippen LogP contribution >= 0.6 is 19.2 Å². The van der Waals surface area contributed by atoms with E-state index >= 15 is 0 Å². The molecule has 33 heavy (non-hydrogen) atoms. The minimum atomic E-state index is -4.83. The number of fused-ring (bicyclic) bond motifs is 1. The van der Waals surface area contributed by atoms with E-state index in [1.165, 1.54) is 10.9 Å². The van der Waals surface area contributed by atoms with Crippen molar-refractivity contribution in [1.29, 1.82) is 0 Å². The fourth-order valence-electron chi connectivity index (χ4n) is 4.01. The molecule has 2 aromatic heterocycles. The van der Waals surface area contributed by atoms with Gasteiger partial charge < -0.3 is 39.9 Å². The number of nitrogens with one attached hydrogen (secondary N) is 1. The Bertz CT molecular complexity index is 1050. The minimum absolute atomic E-state index is 0.0296. The molecular formula is C18H27ClN5O8P. The van der Waals surface area contributed by atoms with Gasteiger partial charge in [-0.15, -0.1) is 0 Å². The molecule has 0 radical (unpaired) electrons. The van der Waals surface area contributed by atoms with Crippen LogP contribution in [0, 0.1) is 0 Å². The molecule has 13 nitrogen and oxygen atoms in total. The maximum absolute atomic E-state index is 11.6. The van der Waals surface area contributed by atoms with Gasteiger partial charge in [0.1, 0.15) is 24.1 Å². The zero-order valence-corrected chi connectivity index (χ0v) is 19.4. The van der Waals surface area contributed by atoms with Gasteiger partial charge in [0.15, 0.2) is 17.2 Å². The number of hydrogen-bond donors (Lipinski definition) is 6. The lowest BCUT2D eigenvalue weighted by molar-refractivity contribution is -0.104. The molecule has 3 heterocycles. The van der Waals surface area contributed by atoms with E-state index in [1.54, 1.807) is 0 Å². The third-order valence-corrected chi connectivity index (χ3v) is 7.84. The second kappa shape index (κ2) is 9.33. The largest absolute Gasteiger partial charge is 0.393 e. The van der Waals surface area contributed by atoms with Gasteiger partial charge in [0.05, 0.1) is 24.8 Å². The Morgan fingerprint density at radius 1 is 1.30 bits per heavy atom. The van der Waals surface area contributed by atoms with E-state index < -0.39 is 50.7 Å². The van der Waals surface area contributed by atoms with Crippen molar-refractivity contribution in [2.75, 3.05) is 18.5 Å². The van der Waals surface area contributed by atoms with Gasteiger partial charge in [-0.05, 0) is 31.4 Å². The van der Waals surface area contributed by atoms with Gasteiger partial charge in [0.2, 0.25) is 5.28 Å². The first-order valence-electron chi connectivity index (χ1n) is 10.5. The molecule has 184 valence electrons. The zero-order valence-electron chi connectivity index (χ0n) is 17.8. The molecule has 2 aromatic rings. The Balaban J connectivity index is 1.56. The standard InChI is InChI=1S/C18H27ClN5O8P/c1-18(8-25,33(28,29)30)31-7-11-12(26)13(27)16(32-11)24-15-10(6-20-24)14(22-17(19)23-15)21-9-4-2-3-5-9/h6,9,11-13,16,25-27H,2-5,7-8H2,1H3,(H,21,22,23)(H2,28,29,30)/t11-,12-,13-,16-,18-/m1/s1. The van der Waals surface area contributed by atoms with Crippen LogP contribution in [0.5, 0.6) is 0 Å². The Morgan fingerprint density at radius 3 is 2.64 bits per heavy atom. The Hall–Kier alpha value is -1.41. The topological polar surface area (TPSA) is 192 Å². The summed E-state index contributed by atoms with van der Waals surface area (Å²) in [6, 6.07) is 0.258. The van der Waals surface area contributed by atoms with Crippen molar-refractivity contribution in [2.24, 2.45) is 0 Å². The Kier molecular flexibility index (Phi) is 6.98. The molecule has 0 unspecified atom stereocenters. The third-order valence-electron chi connectivity index (χ3n) is 6.17. The van der Waals surface area contributed by atoms with Gasteiger partial charge in [-0.25, -0.2) is 4.68 Å². The van der Waals surface area contributed by atoms with E-state index in [-0.39, 0.29) is 17.0 Å². The summed E-state index contributed by atoms with van der Waals surface area (Å²) < 4.78 is 23.8. The van der Waals surface area contributed by atoms with Gasteiger partial charge in [0.25, 0.3) is 0 Å². The smallest absolute Gasteiger partial charge is 0.359 e. The Labute approximate surface area is 193 Å². The molecule has 1 aliphatic carbocycles. The zero-order chi connectivity index (χ0) is 24.0. The van der Waals surface area contributed by atoms with Crippen molar-refractivity contribution in [3.8, 4) is 0 Å². The van der Waals surface area contributed by atoms with Crippen molar-refractivity contribution < 1.29 is 39.1 Å². The molecule has 1 saturated heterocycles.